The summed E-state index contributed by atoms with van der Waals surface area (Å²) in [5.41, 5.74) is 4.32. The van der Waals surface area contributed by atoms with Crippen LogP contribution in [0.4, 0.5) is 0 Å². The van der Waals surface area contributed by atoms with Crippen molar-refractivity contribution >= 4 is 11.6 Å². The summed E-state index contributed by atoms with van der Waals surface area (Å²) in [5, 5.41) is 4.33. The molecule has 1 amide bonds. The summed E-state index contributed by atoms with van der Waals surface area (Å²) in [6.45, 7) is 2.04. The molecule has 2 aliphatic carbocycles. The second-order valence-electron chi connectivity index (χ2n) is 6.21. The van der Waals surface area contributed by atoms with Crippen molar-refractivity contribution in [2.75, 3.05) is 7.11 Å². The molecule has 2 fully saturated rings. The van der Waals surface area contributed by atoms with Crippen molar-refractivity contribution in [3.63, 3.8) is 0 Å². The number of rotatable bonds is 4. The fourth-order valence-corrected chi connectivity index (χ4v) is 3.81. The van der Waals surface area contributed by atoms with E-state index in [1.807, 2.05) is 13.0 Å². The van der Waals surface area contributed by atoms with E-state index < -0.39 is 0 Å². The van der Waals surface area contributed by atoms with Crippen LogP contribution >= 0.6 is 0 Å². The Morgan fingerprint density at radius 3 is 2.86 bits per heavy atom. The Balaban J connectivity index is 1.63. The Bertz CT molecular complexity index is 568. The molecule has 3 unspecified atom stereocenters. The third-order valence-electron chi connectivity index (χ3n) is 4.94. The third-order valence-corrected chi connectivity index (χ3v) is 4.94. The van der Waals surface area contributed by atoms with Gasteiger partial charge in [-0.25, -0.2) is 5.43 Å². The first-order chi connectivity index (χ1) is 10.2. The summed E-state index contributed by atoms with van der Waals surface area (Å²) in [5.74, 6) is 2.73. The standard InChI is InChI=1S/C17H22N2O2/c1-11(16-9-12-6-7-13(16)8-12)18-19-17(20)14-4-3-5-15(10-14)21-2/h3-5,10,12-13,16H,6-9H2,1-2H3,(H,19,20)/b18-11+. The summed E-state index contributed by atoms with van der Waals surface area (Å²) >= 11 is 0. The summed E-state index contributed by atoms with van der Waals surface area (Å²) in [7, 11) is 1.59. The van der Waals surface area contributed by atoms with Gasteiger partial charge in [-0.2, -0.15) is 5.10 Å². The first-order valence-electron chi connectivity index (χ1n) is 7.66. The molecule has 0 aromatic heterocycles. The second-order valence-corrected chi connectivity index (χ2v) is 6.21. The lowest BCUT2D eigenvalue weighted by Crippen LogP contribution is -2.24. The predicted molar refractivity (Wildman–Crippen MR) is 82.5 cm³/mol. The molecule has 4 nitrogen and oxygen atoms in total. The average molecular weight is 286 g/mol. The van der Waals surface area contributed by atoms with E-state index in [2.05, 4.69) is 10.5 Å². The van der Waals surface area contributed by atoms with Crippen molar-refractivity contribution in [1.29, 1.82) is 0 Å². The van der Waals surface area contributed by atoms with Gasteiger partial charge in [0.1, 0.15) is 5.75 Å². The number of nitrogens with one attached hydrogen (secondary N) is 1. The molecule has 1 N–H and O–H groups in total. The van der Waals surface area contributed by atoms with Crippen LogP contribution in [-0.2, 0) is 0 Å². The van der Waals surface area contributed by atoms with Gasteiger partial charge in [0.25, 0.3) is 5.91 Å². The highest BCUT2D eigenvalue weighted by atomic mass is 16.5. The highest BCUT2D eigenvalue weighted by molar-refractivity contribution is 5.95. The SMILES string of the molecule is COc1cccc(C(=O)N/N=C(\C)C2CC3CCC2C3)c1. The van der Waals surface area contributed by atoms with Crippen molar-refractivity contribution in [3.05, 3.63) is 29.8 Å². The first kappa shape index (κ1) is 14.1. The molecule has 2 saturated carbocycles. The van der Waals surface area contributed by atoms with Gasteiger partial charge in [-0.15, -0.1) is 0 Å². The molecule has 0 aliphatic heterocycles. The zero-order valence-corrected chi connectivity index (χ0v) is 12.6. The number of hydrogen-bond acceptors (Lipinski definition) is 3. The van der Waals surface area contributed by atoms with Crippen LogP contribution < -0.4 is 10.2 Å². The molecular formula is C17H22N2O2. The molecule has 0 saturated heterocycles. The number of amides is 1. The number of hydrazone groups is 1. The van der Waals surface area contributed by atoms with Gasteiger partial charge in [0.2, 0.25) is 0 Å². The van der Waals surface area contributed by atoms with Crippen molar-refractivity contribution in [2.45, 2.75) is 32.6 Å². The molecule has 0 radical (unpaired) electrons. The normalized spacial score (nSPS) is 27.7. The van der Waals surface area contributed by atoms with Gasteiger partial charge in [-0.1, -0.05) is 12.5 Å². The van der Waals surface area contributed by atoms with Crippen LogP contribution in [0.2, 0.25) is 0 Å². The number of carbonyl (C=O) groups excluding carboxylic acids is 1. The van der Waals surface area contributed by atoms with E-state index >= 15 is 0 Å². The Kier molecular flexibility index (Phi) is 3.95. The number of ether oxygens (including phenoxy) is 1. The van der Waals surface area contributed by atoms with Gasteiger partial charge in [0, 0.05) is 17.2 Å². The maximum Gasteiger partial charge on any atom is 0.271 e. The van der Waals surface area contributed by atoms with E-state index in [1.165, 1.54) is 25.7 Å². The summed E-state index contributed by atoms with van der Waals surface area (Å²) in [6.07, 6.45) is 5.30. The van der Waals surface area contributed by atoms with Crippen LogP contribution in [0.3, 0.4) is 0 Å². The number of fused-ring (bicyclic) bond motifs is 2. The Labute approximate surface area is 125 Å². The van der Waals surface area contributed by atoms with Gasteiger partial charge < -0.3 is 4.74 Å². The fraction of sp³-hybridized carbons (Fsp3) is 0.529. The molecule has 2 bridgehead atoms. The minimum Gasteiger partial charge on any atom is -0.497 e. The molecule has 0 heterocycles. The Morgan fingerprint density at radius 2 is 2.19 bits per heavy atom. The van der Waals surface area contributed by atoms with Crippen molar-refractivity contribution in [2.24, 2.45) is 22.9 Å². The molecule has 0 spiro atoms. The average Bonchev–Trinajstić information content (AvgIpc) is 3.15. The monoisotopic (exact) mass is 286 g/mol. The van der Waals surface area contributed by atoms with Crippen molar-refractivity contribution in [3.8, 4) is 5.75 Å². The lowest BCUT2D eigenvalue weighted by Gasteiger charge is -2.21. The largest absolute Gasteiger partial charge is 0.497 e. The predicted octanol–water partition coefficient (Wildman–Crippen LogP) is 3.24. The minimum absolute atomic E-state index is 0.184. The van der Waals surface area contributed by atoms with Crippen LogP contribution in [0.5, 0.6) is 5.75 Å². The van der Waals surface area contributed by atoms with Crippen LogP contribution in [0.15, 0.2) is 29.4 Å². The Hall–Kier alpha value is -1.84. The van der Waals surface area contributed by atoms with Crippen molar-refractivity contribution in [1.82, 2.24) is 5.43 Å². The Morgan fingerprint density at radius 1 is 1.33 bits per heavy atom. The zero-order chi connectivity index (χ0) is 14.8. The van der Waals surface area contributed by atoms with E-state index in [-0.39, 0.29) is 5.91 Å². The van der Waals surface area contributed by atoms with Crippen LogP contribution in [0.25, 0.3) is 0 Å². The lowest BCUT2D eigenvalue weighted by atomic mass is 9.86. The summed E-state index contributed by atoms with van der Waals surface area (Å²) < 4.78 is 5.13. The summed E-state index contributed by atoms with van der Waals surface area (Å²) in [6, 6.07) is 7.11. The van der Waals surface area contributed by atoms with Gasteiger partial charge >= 0.3 is 0 Å². The van der Waals surface area contributed by atoms with Gasteiger partial charge in [0.05, 0.1) is 7.11 Å². The van der Waals surface area contributed by atoms with E-state index in [9.17, 15) is 4.79 Å². The maximum atomic E-state index is 12.1. The fourth-order valence-electron chi connectivity index (χ4n) is 3.81. The smallest absolute Gasteiger partial charge is 0.271 e. The molecule has 3 atom stereocenters. The molecular weight excluding hydrogens is 264 g/mol. The van der Waals surface area contributed by atoms with Gasteiger partial charge in [0.15, 0.2) is 0 Å². The number of benzene rings is 1. The van der Waals surface area contributed by atoms with E-state index in [4.69, 9.17) is 4.74 Å². The maximum absolute atomic E-state index is 12.1. The number of nitrogens with zero attached hydrogens (tertiary/aromatic N) is 1. The number of hydrogen-bond donors (Lipinski definition) is 1. The van der Waals surface area contributed by atoms with Crippen molar-refractivity contribution < 1.29 is 9.53 Å². The van der Waals surface area contributed by atoms with Gasteiger partial charge in [-0.3, -0.25) is 4.79 Å². The second kappa shape index (κ2) is 5.88. The molecule has 3 rings (SSSR count). The minimum atomic E-state index is -0.184. The highest BCUT2D eigenvalue weighted by Crippen LogP contribution is 2.48. The molecule has 1 aromatic carbocycles. The van der Waals surface area contributed by atoms with E-state index in [0.717, 1.165) is 17.5 Å². The quantitative estimate of drug-likeness (QED) is 0.682. The topological polar surface area (TPSA) is 50.7 Å². The van der Waals surface area contributed by atoms with E-state index in [1.54, 1.807) is 25.3 Å². The van der Waals surface area contributed by atoms with Gasteiger partial charge in [-0.05, 0) is 56.2 Å². The molecule has 21 heavy (non-hydrogen) atoms. The van der Waals surface area contributed by atoms with E-state index in [0.29, 0.717) is 17.2 Å². The van der Waals surface area contributed by atoms with Crippen LogP contribution in [0.1, 0.15) is 43.0 Å². The highest BCUT2D eigenvalue weighted by Gasteiger charge is 2.40. The van der Waals surface area contributed by atoms with Crippen LogP contribution in [0, 0.1) is 17.8 Å². The third kappa shape index (κ3) is 2.94. The lowest BCUT2D eigenvalue weighted by molar-refractivity contribution is 0.0954. The summed E-state index contributed by atoms with van der Waals surface area (Å²) in [4.78, 5) is 12.1. The zero-order valence-electron chi connectivity index (χ0n) is 12.6. The number of methoxy groups -OCH3 is 1. The number of carbonyl (C=O) groups is 1. The molecule has 1 aromatic rings. The molecule has 112 valence electrons. The molecule has 4 heteroatoms. The molecule has 2 aliphatic rings. The van der Waals surface area contributed by atoms with Crippen LogP contribution in [-0.4, -0.2) is 18.7 Å². The first-order valence-corrected chi connectivity index (χ1v) is 7.66.